The van der Waals surface area contributed by atoms with Crippen molar-refractivity contribution in [3.63, 3.8) is 0 Å². The molecule has 0 aliphatic carbocycles. The summed E-state index contributed by atoms with van der Waals surface area (Å²) in [7, 11) is 0. The van der Waals surface area contributed by atoms with Crippen LogP contribution in [0.1, 0.15) is 6.92 Å². The molecule has 92 valence electrons. The molecule has 4 N–H and O–H groups in total. The van der Waals surface area contributed by atoms with Gasteiger partial charge in [-0.25, -0.2) is 9.59 Å². The number of aliphatic hydroxyl groups is 1. The number of benzene rings is 1. The maximum absolute atomic E-state index is 11.4. The molecule has 0 bridgehead atoms. The van der Waals surface area contributed by atoms with Gasteiger partial charge in [0, 0.05) is 5.69 Å². The van der Waals surface area contributed by atoms with Gasteiger partial charge in [-0.3, -0.25) is 0 Å². The minimum Gasteiger partial charge on any atom is -0.479 e. The number of para-hydroxylation sites is 1. The Kier molecular flexibility index (Phi) is 4.06. The fraction of sp³-hybridized carbons (Fsp3) is 0.273. The normalized spacial score (nSPS) is 13.5. The number of hydrogen-bond donors (Lipinski definition) is 4. The SMILES string of the molecule is CC(O)(CNC(=O)Nc1ccccc1)C(=O)O. The maximum Gasteiger partial charge on any atom is 0.337 e. The second kappa shape index (κ2) is 5.31. The number of carbonyl (C=O) groups is 2. The zero-order chi connectivity index (χ0) is 12.9. The van der Waals surface area contributed by atoms with Crippen LogP contribution in [0.2, 0.25) is 0 Å². The fourth-order valence-corrected chi connectivity index (χ4v) is 1.02. The summed E-state index contributed by atoms with van der Waals surface area (Å²) in [5.41, 5.74) is -1.39. The number of nitrogens with one attached hydrogen (secondary N) is 2. The molecule has 1 rings (SSSR count). The van der Waals surface area contributed by atoms with Crippen LogP contribution in [-0.2, 0) is 4.79 Å². The first kappa shape index (κ1) is 13.0. The minimum absolute atomic E-state index is 0.374. The predicted molar refractivity (Wildman–Crippen MR) is 61.7 cm³/mol. The number of aliphatic carboxylic acids is 1. The summed E-state index contributed by atoms with van der Waals surface area (Å²) in [6.07, 6.45) is 0. The van der Waals surface area contributed by atoms with Gasteiger partial charge in [0.25, 0.3) is 0 Å². The van der Waals surface area contributed by atoms with E-state index in [0.717, 1.165) is 6.92 Å². The number of amides is 2. The number of urea groups is 1. The summed E-state index contributed by atoms with van der Waals surface area (Å²) >= 11 is 0. The summed E-state index contributed by atoms with van der Waals surface area (Å²) < 4.78 is 0. The second-order valence-corrected chi connectivity index (χ2v) is 3.75. The summed E-state index contributed by atoms with van der Waals surface area (Å²) in [4.78, 5) is 21.9. The first-order valence-electron chi connectivity index (χ1n) is 4.97. The van der Waals surface area contributed by atoms with E-state index in [1.165, 1.54) is 0 Å². The van der Waals surface area contributed by atoms with Gasteiger partial charge >= 0.3 is 12.0 Å². The Morgan fingerprint density at radius 2 is 1.88 bits per heavy atom. The van der Waals surface area contributed by atoms with E-state index in [0.29, 0.717) is 5.69 Å². The molecule has 1 atom stereocenters. The summed E-state index contributed by atoms with van der Waals surface area (Å²) in [5.74, 6) is -1.39. The van der Waals surface area contributed by atoms with Gasteiger partial charge in [-0.15, -0.1) is 0 Å². The quantitative estimate of drug-likeness (QED) is 0.618. The van der Waals surface area contributed by atoms with Crippen molar-refractivity contribution in [3.8, 4) is 0 Å². The summed E-state index contributed by atoms with van der Waals surface area (Å²) in [5, 5.41) is 22.8. The third-order valence-electron chi connectivity index (χ3n) is 2.09. The third kappa shape index (κ3) is 4.12. The van der Waals surface area contributed by atoms with Crippen LogP contribution in [0.15, 0.2) is 30.3 Å². The Hall–Kier alpha value is -2.08. The van der Waals surface area contributed by atoms with E-state index in [4.69, 9.17) is 5.11 Å². The molecule has 0 saturated heterocycles. The molecule has 0 aliphatic rings. The summed E-state index contributed by atoms with van der Waals surface area (Å²) in [6.45, 7) is 0.735. The molecule has 0 aliphatic heterocycles. The van der Waals surface area contributed by atoms with Crippen molar-refractivity contribution in [2.24, 2.45) is 0 Å². The lowest BCUT2D eigenvalue weighted by Gasteiger charge is -2.18. The molecule has 1 aromatic carbocycles. The standard InChI is InChI=1S/C11H14N2O4/c1-11(17,9(14)15)7-12-10(16)13-8-5-3-2-4-6-8/h2-6,17H,7H2,1H3,(H,14,15)(H2,12,13,16). The smallest absolute Gasteiger partial charge is 0.337 e. The van der Waals surface area contributed by atoms with Crippen LogP contribution in [0.4, 0.5) is 10.5 Å². The van der Waals surface area contributed by atoms with Crippen LogP contribution in [0, 0.1) is 0 Å². The molecule has 0 spiro atoms. The molecule has 0 saturated carbocycles. The van der Waals surface area contributed by atoms with E-state index < -0.39 is 17.6 Å². The van der Waals surface area contributed by atoms with Crippen molar-refractivity contribution in [1.82, 2.24) is 5.32 Å². The first-order valence-corrected chi connectivity index (χ1v) is 4.97. The van der Waals surface area contributed by atoms with E-state index in [2.05, 4.69) is 10.6 Å². The fourth-order valence-electron chi connectivity index (χ4n) is 1.02. The first-order chi connectivity index (χ1) is 7.92. The number of carboxylic acids is 1. The van der Waals surface area contributed by atoms with Crippen LogP contribution < -0.4 is 10.6 Å². The zero-order valence-electron chi connectivity index (χ0n) is 9.30. The van der Waals surface area contributed by atoms with Crippen molar-refractivity contribution in [2.75, 3.05) is 11.9 Å². The zero-order valence-corrected chi connectivity index (χ0v) is 9.30. The molecule has 0 heterocycles. The van der Waals surface area contributed by atoms with Crippen molar-refractivity contribution < 1.29 is 19.8 Å². The van der Waals surface area contributed by atoms with Crippen molar-refractivity contribution >= 4 is 17.7 Å². The van der Waals surface area contributed by atoms with Gasteiger partial charge in [0.05, 0.1) is 6.54 Å². The molecule has 0 aromatic heterocycles. The molecular formula is C11H14N2O4. The van der Waals surface area contributed by atoms with Gasteiger partial charge in [-0.2, -0.15) is 0 Å². The van der Waals surface area contributed by atoms with Gasteiger partial charge in [0.2, 0.25) is 0 Å². The predicted octanol–water partition coefficient (Wildman–Crippen LogP) is 0.644. The molecule has 2 amide bonds. The van der Waals surface area contributed by atoms with Gasteiger partial charge < -0.3 is 20.8 Å². The Bertz CT molecular complexity index is 403. The molecule has 0 fully saturated rings. The second-order valence-electron chi connectivity index (χ2n) is 3.75. The van der Waals surface area contributed by atoms with Gasteiger partial charge in [-0.05, 0) is 19.1 Å². The number of rotatable bonds is 4. The highest BCUT2D eigenvalue weighted by Crippen LogP contribution is 2.05. The Balaban J connectivity index is 2.44. The van der Waals surface area contributed by atoms with Gasteiger partial charge in [-0.1, -0.05) is 18.2 Å². The van der Waals surface area contributed by atoms with Crippen LogP contribution in [-0.4, -0.2) is 34.4 Å². The van der Waals surface area contributed by atoms with Crippen molar-refractivity contribution in [1.29, 1.82) is 0 Å². The van der Waals surface area contributed by atoms with E-state index in [1.807, 2.05) is 0 Å². The number of anilines is 1. The van der Waals surface area contributed by atoms with E-state index in [9.17, 15) is 14.7 Å². The average molecular weight is 238 g/mol. The van der Waals surface area contributed by atoms with Crippen molar-refractivity contribution in [3.05, 3.63) is 30.3 Å². The molecule has 6 heteroatoms. The molecule has 17 heavy (non-hydrogen) atoms. The van der Waals surface area contributed by atoms with Crippen LogP contribution in [0.5, 0.6) is 0 Å². The number of carboxylic acid groups (broad SMARTS) is 1. The largest absolute Gasteiger partial charge is 0.479 e. The Labute approximate surface area is 98.3 Å². The maximum atomic E-state index is 11.4. The highest BCUT2D eigenvalue weighted by Gasteiger charge is 2.30. The Morgan fingerprint density at radius 3 is 2.41 bits per heavy atom. The van der Waals surface area contributed by atoms with Gasteiger partial charge in [0.1, 0.15) is 0 Å². The topological polar surface area (TPSA) is 98.7 Å². The monoisotopic (exact) mass is 238 g/mol. The average Bonchev–Trinajstić information content (AvgIpc) is 2.28. The van der Waals surface area contributed by atoms with Crippen LogP contribution in [0.25, 0.3) is 0 Å². The van der Waals surface area contributed by atoms with E-state index >= 15 is 0 Å². The Morgan fingerprint density at radius 1 is 1.29 bits per heavy atom. The van der Waals surface area contributed by atoms with Crippen LogP contribution in [0.3, 0.4) is 0 Å². The van der Waals surface area contributed by atoms with Crippen LogP contribution >= 0.6 is 0 Å². The molecule has 0 radical (unpaired) electrons. The van der Waals surface area contributed by atoms with Gasteiger partial charge in [0.15, 0.2) is 5.60 Å². The molecule has 1 unspecified atom stereocenters. The van der Waals surface area contributed by atoms with E-state index in [1.54, 1.807) is 30.3 Å². The minimum atomic E-state index is -1.98. The lowest BCUT2D eigenvalue weighted by molar-refractivity contribution is -0.155. The lowest BCUT2D eigenvalue weighted by Crippen LogP contribution is -2.47. The molecule has 1 aromatic rings. The number of hydrogen-bond acceptors (Lipinski definition) is 3. The highest BCUT2D eigenvalue weighted by molar-refractivity contribution is 5.89. The third-order valence-corrected chi connectivity index (χ3v) is 2.09. The lowest BCUT2D eigenvalue weighted by atomic mass is 10.1. The van der Waals surface area contributed by atoms with Crippen molar-refractivity contribution in [2.45, 2.75) is 12.5 Å². The summed E-state index contributed by atoms with van der Waals surface area (Å²) in [6, 6.07) is 8.12. The highest BCUT2D eigenvalue weighted by atomic mass is 16.4. The molecular weight excluding hydrogens is 224 g/mol. The number of carbonyl (C=O) groups excluding carboxylic acids is 1. The molecule has 6 nitrogen and oxygen atoms in total. The van der Waals surface area contributed by atoms with E-state index in [-0.39, 0.29) is 6.54 Å².